The molecule has 1 spiro atoms. The van der Waals surface area contributed by atoms with Crippen LogP contribution in [0, 0.1) is 11.3 Å². The van der Waals surface area contributed by atoms with E-state index in [9.17, 15) is 5.11 Å². The number of aliphatic hydroxyl groups is 1. The van der Waals surface area contributed by atoms with Crippen LogP contribution in [-0.4, -0.2) is 22.9 Å². The molecule has 18 heavy (non-hydrogen) atoms. The van der Waals surface area contributed by atoms with Crippen LogP contribution >= 0.6 is 0 Å². The molecule has 2 fully saturated rings. The van der Waals surface area contributed by atoms with Gasteiger partial charge in [-0.1, -0.05) is 25.2 Å². The second-order valence-electron chi connectivity index (χ2n) is 6.52. The molecule has 0 amide bonds. The quantitative estimate of drug-likeness (QED) is 0.574. The number of hydrogen-bond donors (Lipinski definition) is 1. The van der Waals surface area contributed by atoms with Gasteiger partial charge in [-0.2, -0.15) is 0 Å². The third-order valence-corrected chi connectivity index (χ3v) is 5.41. The van der Waals surface area contributed by atoms with E-state index in [1.165, 1.54) is 5.57 Å². The maximum Gasteiger partial charge on any atom is 0.133 e. The highest BCUT2D eigenvalue weighted by molar-refractivity contribution is 5.32. The lowest BCUT2D eigenvalue weighted by Crippen LogP contribution is -2.66. The molecule has 0 aromatic carbocycles. The van der Waals surface area contributed by atoms with E-state index in [4.69, 9.17) is 9.78 Å². The lowest BCUT2D eigenvalue weighted by molar-refractivity contribution is -0.446. The average Bonchev–Trinajstić information content (AvgIpc) is 2.29. The number of allylic oxidation sites excluding steroid dienone is 1. The molecule has 2 bridgehead atoms. The van der Waals surface area contributed by atoms with E-state index in [1.54, 1.807) is 0 Å². The van der Waals surface area contributed by atoms with Crippen molar-refractivity contribution >= 4 is 0 Å². The molecule has 3 nitrogen and oxygen atoms in total. The highest BCUT2D eigenvalue weighted by Gasteiger charge is 2.64. The van der Waals surface area contributed by atoms with E-state index in [1.807, 2.05) is 6.92 Å². The van der Waals surface area contributed by atoms with E-state index < -0.39 is 5.60 Å². The van der Waals surface area contributed by atoms with Gasteiger partial charge in [-0.05, 0) is 44.6 Å². The second kappa shape index (κ2) is 3.69. The molecule has 4 rings (SSSR count). The van der Waals surface area contributed by atoms with Crippen LogP contribution in [-0.2, 0) is 9.78 Å². The van der Waals surface area contributed by atoms with Gasteiger partial charge >= 0.3 is 0 Å². The summed E-state index contributed by atoms with van der Waals surface area (Å²) in [5.41, 5.74) is 1.62. The molecule has 2 heterocycles. The maximum absolute atomic E-state index is 10.6. The normalized spacial score (nSPS) is 50.7. The largest absolute Gasteiger partial charge is 0.392 e. The highest BCUT2D eigenvalue weighted by atomic mass is 17.2. The van der Waals surface area contributed by atoms with Crippen molar-refractivity contribution in [1.29, 1.82) is 0 Å². The van der Waals surface area contributed by atoms with Crippen molar-refractivity contribution in [3.8, 4) is 0 Å². The zero-order valence-corrected chi connectivity index (χ0v) is 11.4. The second-order valence-corrected chi connectivity index (χ2v) is 6.52. The summed E-state index contributed by atoms with van der Waals surface area (Å²) in [6.45, 7) is 10.3. The Kier molecular flexibility index (Phi) is 2.54. The van der Waals surface area contributed by atoms with Gasteiger partial charge in [0.25, 0.3) is 0 Å². The third kappa shape index (κ3) is 1.35. The Morgan fingerprint density at radius 2 is 2.22 bits per heavy atom. The van der Waals surface area contributed by atoms with Gasteiger partial charge < -0.3 is 5.11 Å². The Morgan fingerprint density at radius 1 is 1.50 bits per heavy atom. The molecule has 2 aliphatic carbocycles. The molecule has 1 N–H and O–H groups in total. The SMILES string of the molecule is C=C(C)[C@@H]1C[C@@H](O)[C@]2(C)C[C@H]3C=C(C)[C@]2(C1)OO3. The van der Waals surface area contributed by atoms with Crippen LogP contribution in [0.25, 0.3) is 0 Å². The van der Waals surface area contributed by atoms with Gasteiger partial charge in [-0.15, -0.1) is 0 Å². The minimum absolute atomic E-state index is 0.00657. The van der Waals surface area contributed by atoms with Crippen LogP contribution in [0.2, 0.25) is 0 Å². The average molecular weight is 250 g/mol. The number of fused-ring (bicyclic) bond motifs is 1. The first-order valence-corrected chi connectivity index (χ1v) is 6.76. The molecule has 100 valence electrons. The van der Waals surface area contributed by atoms with E-state index >= 15 is 0 Å². The lowest BCUT2D eigenvalue weighted by Gasteiger charge is -2.61. The molecule has 5 atom stereocenters. The van der Waals surface area contributed by atoms with Crippen molar-refractivity contribution < 1.29 is 14.9 Å². The first-order chi connectivity index (χ1) is 8.39. The van der Waals surface area contributed by atoms with Crippen molar-refractivity contribution in [1.82, 2.24) is 0 Å². The van der Waals surface area contributed by atoms with Crippen LogP contribution in [0.1, 0.15) is 40.0 Å². The van der Waals surface area contributed by atoms with Gasteiger partial charge in [-0.25, -0.2) is 9.78 Å². The molecule has 0 aromatic rings. The summed E-state index contributed by atoms with van der Waals surface area (Å²) >= 11 is 0. The molecule has 3 heteroatoms. The van der Waals surface area contributed by atoms with Crippen LogP contribution in [0.5, 0.6) is 0 Å². The van der Waals surface area contributed by atoms with E-state index in [2.05, 4.69) is 26.5 Å². The van der Waals surface area contributed by atoms with Gasteiger partial charge in [0, 0.05) is 5.41 Å². The Bertz CT molecular complexity index is 427. The fourth-order valence-electron chi connectivity index (χ4n) is 4.04. The summed E-state index contributed by atoms with van der Waals surface area (Å²) in [7, 11) is 0. The predicted molar refractivity (Wildman–Crippen MR) is 68.7 cm³/mol. The zero-order valence-electron chi connectivity index (χ0n) is 11.4. The van der Waals surface area contributed by atoms with Crippen molar-refractivity contribution in [2.24, 2.45) is 11.3 Å². The highest BCUT2D eigenvalue weighted by Crippen LogP contribution is 2.60. The number of aliphatic hydroxyl groups excluding tert-OH is 1. The minimum Gasteiger partial charge on any atom is -0.392 e. The summed E-state index contributed by atoms with van der Waals surface area (Å²) in [5.74, 6) is 0.301. The first-order valence-electron chi connectivity index (χ1n) is 6.76. The summed E-state index contributed by atoms with van der Waals surface area (Å²) in [5, 5.41) is 10.6. The van der Waals surface area contributed by atoms with Gasteiger partial charge in [0.1, 0.15) is 11.7 Å². The molecule has 1 saturated heterocycles. The molecular formula is C15H22O3. The molecule has 0 aromatic heterocycles. The van der Waals surface area contributed by atoms with Crippen LogP contribution in [0.15, 0.2) is 23.8 Å². The summed E-state index contributed by atoms with van der Waals surface area (Å²) < 4.78 is 0. The molecule has 1 saturated carbocycles. The third-order valence-electron chi connectivity index (χ3n) is 5.41. The standard InChI is InChI=1S/C15H22O3/c1-9(2)11-6-13(16)14(4)8-12-5-10(3)15(14,7-11)18-17-12/h5,11-13,16H,1,6-8H2,2-4H3/t11-,12-,13-,14+,15+/m1/s1. The van der Waals surface area contributed by atoms with Gasteiger partial charge in [0.15, 0.2) is 0 Å². The van der Waals surface area contributed by atoms with Gasteiger partial charge in [0.05, 0.1) is 6.10 Å². The molecule has 0 radical (unpaired) electrons. The maximum atomic E-state index is 10.6. The van der Waals surface area contributed by atoms with Crippen LogP contribution < -0.4 is 0 Å². The van der Waals surface area contributed by atoms with Crippen molar-refractivity contribution in [3.63, 3.8) is 0 Å². The van der Waals surface area contributed by atoms with Crippen molar-refractivity contribution in [2.75, 3.05) is 0 Å². The van der Waals surface area contributed by atoms with E-state index in [-0.39, 0.29) is 17.6 Å². The van der Waals surface area contributed by atoms with Gasteiger partial charge in [-0.3, -0.25) is 0 Å². The van der Waals surface area contributed by atoms with Gasteiger partial charge in [0.2, 0.25) is 0 Å². The molecule has 4 aliphatic rings. The van der Waals surface area contributed by atoms with E-state index in [0.29, 0.717) is 5.92 Å². The lowest BCUT2D eigenvalue weighted by atomic mass is 9.52. The fourth-order valence-corrected chi connectivity index (χ4v) is 4.04. The topological polar surface area (TPSA) is 38.7 Å². The van der Waals surface area contributed by atoms with Crippen LogP contribution in [0.4, 0.5) is 0 Å². The first kappa shape index (κ1) is 12.4. The van der Waals surface area contributed by atoms with Crippen molar-refractivity contribution in [3.05, 3.63) is 23.8 Å². The monoisotopic (exact) mass is 250 g/mol. The Hall–Kier alpha value is -0.640. The summed E-state index contributed by atoms with van der Waals surface area (Å²) in [6.07, 6.45) is 4.28. The van der Waals surface area contributed by atoms with Crippen LogP contribution in [0.3, 0.4) is 0 Å². The smallest absolute Gasteiger partial charge is 0.133 e. The minimum atomic E-state index is -0.469. The van der Waals surface area contributed by atoms with E-state index in [0.717, 1.165) is 24.8 Å². The predicted octanol–water partition coefficient (Wildman–Crippen LogP) is 2.76. The number of hydrogen-bond acceptors (Lipinski definition) is 3. The van der Waals surface area contributed by atoms with Crippen molar-refractivity contribution in [2.45, 2.75) is 57.8 Å². The Labute approximate surface area is 108 Å². The Balaban J connectivity index is 2.07. The molecule has 2 aliphatic heterocycles. The molecular weight excluding hydrogens is 228 g/mol. The Morgan fingerprint density at radius 3 is 2.83 bits per heavy atom. The zero-order chi connectivity index (χ0) is 13.1. The number of rotatable bonds is 1. The fraction of sp³-hybridized carbons (Fsp3) is 0.733. The molecule has 0 unspecified atom stereocenters. The summed E-state index contributed by atoms with van der Waals surface area (Å²) in [4.78, 5) is 11.2. The summed E-state index contributed by atoms with van der Waals surface area (Å²) in [6, 6.07) is 0.